The second-order valence-electron chi connectivity index (χ2n) is 7.53. The number of amides is 1. The lowest BCUT2D eigenvalue weighted by atomic mass is 10.0. The molecule has 7 heteroatoms. The predicted molar refractivity (Wildman–Crippen MR) is 92.6 cm³/mol. The Bertz CT molecular complexity index is 699. The molecule has 136 valence electrons. The molecule has 2 N–H and O–H groups in total. The van der Waals surface area contributed by atoms with Crippen molar-refractivity contribution in [3.05, 3.63) is 29.6 Å². The lowest BCUT2D eigenvalue weighted by molar-refractivity contribution is 0.0312. The highest BCUT2D eigenvalue weighted by atomic mass is 19.1. The van der Waals surface area contributed by atoms with Crippen molar-refractivity contribution in [1.29, 1.82) is 0 Å². The predicted octanol–water partition coefficient (Wildman–Crippen LogP) is 2.37. The summed E-state index contributed by atoms with van der Waals surface area (Å²) in [5, 5.41) is 12.9. The zero-order chi connectivity index (χ0) is 18.2. The number of piperidine rings is 1. The summed E-state index contributed by atoms with van der Waals surface area (Å²) in [5.74, 6) is 0.567. The maximum absolute atomic E-state index is 13.4. The Balaban J connectivity index is 1.64. The molecule has 0 aliphatic carbocycles. The largest absolute Gasteiger partial charge is 0.444 e. The van der Waals surface area contributed by atoms with Gasteiger partial charge >= 0.3 is 6.09 Å². The number of aliphatic hydroxyl groups is 1. The minimum atomic E-state index is -0.634. The van der Waals surface area contributed by atoms with Gasteiger partial charge in [-0.15, -0.1) is 0 Å². The van der Waals surface area contributed by atoms with E-state index in [0.29, 0.717) is 25.9 Å². The fourth-order valence-corrected chi connectivity index (χ4v) is 3.11. The first kappa shape index (κ1) is 17.7. The zero-order valence-corrected chi connectivity index (χ0v) is 14.8. The molecule has 0 saturated carbocycles. The molecule has 1 aromatic carbocycles. The van der Waals surface area contributed by atoms with Gasteiger partial charge < -0.3 is 20.1 Å². The number of nitrogens with one attached hydrogen (secondary N) is 1. The fraction of sp³-hybridized carbons (Fsp3) is 0.556. The maximum Gasteiger partial charge on any atom is 0.408 e. The van der Waals surface area contributed by atoms with Gasteiger partial charge in [0.2, 0.25) is 0 Å². The van der Waals surface area contributed by atoms with E-state index in [1.165, 1.54) is 12.1 Å². The van der Waals surface area contributed by atoms with Crippen LogP contribution in [0.3, 0.4) is 0 Å². The van der Waals surface area contributed by atoms with Gasteiger partial charge in [0, 0.05) is 19.5 Å². The first-order chi connectivity index (χ1) is 11.7. The quantitative estimate of drug-likeness (QED) is 0.816. The number of aliphatic hydroxyl groups excluding tert-OH is 1. The monoisotopic (exact) mass is 349 g/mol. The van der Waals surface area contributed by atoms with E-state index in [1.54, 1.807) is 26.8 Å². The molecule has 2 atom stereocenters. The minimum Gasteiger partial charge on any atom is -0.444 e. The molecule has 1 aromatic rings. The number of alkyl carbamates (subject to hydrolysis) is 1. The molecule has 0 aromatic heterocycles. The van der Waals surface area contributed by atoms with Crippen molar-refractivity contribution in [2.75, 3.05) is 13.1 Å². The Morgan fingerprint density at radius 1 is 1.44 bits per heavy atom. The van der Waals surface area contributed by atoms with E-state index in [4.69, 9.17) is 4.74 Å². The van der Waals surface area contributed by atoms with Gasteiger partial charge in [0.15, 0.2) is 0 Å². The molecule has 2 aliphatic rings. The summed E-state index contributed by atoms with van der Waals surface area (Å²) in [5.41, 5.74) is 1.04. The van der Waals surface area contributed by atoms with Crippen LogP contribution in [0.2, 0.25) is 0 Å². The highest BCUT2D eigenvalue weighted by Crippen LogP contribution is 2.29. The highest BCUT2D eigenvalue weighted by molar-refractivity contribution is 5.92. The van der Waals surface area contributed by atoms with Crippen LogP contribution in [0.1, 0.15) is 32.8 Å². The van der Waals surface area contributed by atoms with Crippen molar-refractivity contribution in [3.63, 3.8) is 0 Å². The van der Waals surface area contributed by atoms with Gasteiger partial charge in [-0.25, -0.2) is 14.2 Å². The topological polar surface area (TPSA) is 74.2 Å². The van der Waals surface area contributed by atoms with Crippen LogP contribution in [0.5, 0.6) is 0 Å². The van der Waals surface area contributed by atoms with Crippen molar-refractivity contribution in [2.45, 2.75) is 51.4 Å². The number of rotatable bonds is 1. The zero-order valence-electron chi connectivity index (χ0n) is 14.8. The second kappa shape index (κ2) is 6.63. The van der Waals surface area contributed by atoms with Gasteiger partial charge in [-0.05, 0) is 51.0 Å². The lowest BCUT2D eigenvalue weighted by Crippen LogP contribution is -2.57. The van der Waals surface area contributed by atoms with Crippen LogP contribution in [-0.2, 0) is 11.2 Å². The summed E-state index contributed by atoms with van der Waals surface area (Å²) >= 11 is 0. The summed E-state index contributed by atoms with van der Waals surface area (Å²) < 4.78 is 18.6. The molecule has 0 bridgehead atoms. The molecular formula is C18H24FN3O3. The number of fused-ring (bicyclic) bond motifs is 1. The van der Waals surface area contributed by atoms with Gasteiger partial charge in [0.25, 0.3) is 0 Å². The maximum atomic E-state index is 13.4. The first-order valence-electron chi connectivity index (χ1n) is 8.50. The fourth-order valence-electron chi connectivity index (χ4n) is 3.11. The number of ether oxygens (including phenoxy) is 1. The van der Waals surface area contributed by atoms with Crippen LogP contribution < -0.4 is 5.32 Å². The molecule has 1 amide bonds. The van der Waals surface area contributed by atoms with Gasteiger partial charge in [0.05, 0.1) is 17.8 Å². The van der Waals surface area contributed by atoms with Crippen molar-refractivity contribution in [3.8, 4) is 0 Å². The average molecular weight is 349 g/mol. The molecule has 25 heavy (non-hydrogen) atoms. The minimum absolute atomic E-state index is 0.270. The number of likely N-dealkylation sites (tertiary alicyclic amines) is 1. The van der Waals surface area contributed by atoms with Crippen LogP contribution >= 0.6 is 0 Å². The van der Waals surface area contributed by atoms with Gasteiger partial charge in [-0.3, -0.25) is 0 Å². The summed E-state index contributed by atoms with van der Waals surface area (Å²) in [6.45, 7) is 6.46. The number of benzene rings is 1. The van der Waals surface area contributed by atoms with Gasteiger partial charge in [-0.2, -0.15) is 0 Å². The summed E-state index contributed by atoms with van der Waals surface area (Å²) in [6.07, 6.45) is -0.102. The highest BCUT2D eigenvalue weighted by Gasteiger charge is 2.33. The molecule has 0 radical (unpaired) electrons. The number of halogens is 1. The Morgan fingerprint density at radius 2 is 2.20 bits per heavy atom. The molecule has 0 spiro atoms. The SMILES string of the molecule is CC(C)(C)OC(=O)N[C@@H]1CN(C2=Nc3ccc(F)cc3C2)CC[C@H]1O. The third-order valence-corrected chi connectivity index (χ3v) is 4.28. The van der Waals surface area contributed by atoms with Crippen LogP contribution in [0, 0.1) is 5.82 Å². The normalized spacial score (nSPS) is 23.1. The van der Waals surface area contributed by atoms with E-state index in [-0.39, 0.29) is 5.82 Å². The summed E-state index contributed by atoms with van der Waals surface area (Å²) in [6, 6.07) is 4.14. The van der Waals surface area contributed by atoms with Crippen LogP contribution in [0.15, 0.2) is 23.2 Å². The number of amidine groups is 1. The molecule has 2 aliphatic heterocycles. The van der Waals surface area contributed by atoms with E-state index < -0.39 is 23.8 Å². The molecule has 6 nitrogen and oxygen atoms in total. The van der Waals surface area contributed by atoms with Crippen molar-refractivity contribution >= 4 is 17.6 Å². The van der Waals surface area contributed by atoms with E-state index >= 15 is 0 Å². The number of nitrogens with zero attached hydrogens (tertiary/aromatic N) is 2. The number of hydrogen-bond donors (Lipinski definition) is 2. The molecular weight excluding hydrogens is 325 g/mol. The number of hydrogen-bond acceptors (Lipinski definition) is 5. The first-order valence-corrected chi connectivity index (χ1v) is 8.50. The standard InChI is InChI=1S/C18H24FN3O3/c1-18(2,3)25-17(24)21-14-10-22(7-6-15(14)23)16-9-11-8-12(19)4-5-13(11)20-16/h4-5,8,14-15,23H,6-7,9-10H2,1-3H3,(H,21,24)/t14-,15-/m1/s1. The number of carbonyl (C=O) groups excluding carboxylic acids is 1. The van der Waals surface area contributed by atoms with Crippen molar-refractivity contribution in [2.24, 2.45) is 4.99 Å². The van der Waals surface area contributed by atoms with Crippen molar-refractivity contribution in [1.82, 2.24) is 10.2 Å². The third-order valence-electron chi connectivity index (χ3n) is 4.28. The smallest absolute Gasteiger partial charge is 0.408 e. The van der Waals surface area contributed by atoms with E-state index in [9.17, 15) is 14.3 Å². The van der Waals surface area contributed by atoms with Crippen molar-refractivity contribution < 1.29 is 19.0 Å². The molecule has 1 fully saturated rings. The van der Waals surface area contributed by atoms with E-state index in [2.05, 4.69) is 10.3 Å². The van der Waals surface area contributed by atoms with Gasteiger partial charge in [0.1, 0.15) is 17.3 Å². The molecule has 2 heterocycles. The summed E-state index contributed by atoms with van der Waals surface area (Å²) in [7, 11) is 0. The van der Waals surface area contributed by atoms with E-state index in [0.717, 1.165) is 17.1 Å². The Labute approximate surface area is 146 Å². The Kier molecular flexibility index (Phi) is 4.69. The second-order valence-corrected chi connectivity index (χ2v) is 7.53. The average Bonchev–Trinajstić information content (AvgIpc) is 2.90. The molecule has 3 rings (SSSR count). The molecule has 1 saturated heterocycles. The van der Waals surface area contributed by atoms with Gasteiger partial charge in [-0.1, -0.05) is 0 Å². The lowest BCUT2D eigenvalue weighted by Gasteiger charge is -2.37. The Hall–Kier alpha value is -2.15. The summed E-state index contributed by atoms with van der Waals surface area (Å²) in [4.78, 5) is 18.6. The van der Waals surface area contributed by atoms with Crippen LogP contribution in [0.25, 0.3) is 0 Å². The number of carbonyl (C=O) groups is 1. The third kappa shape index (κ3) is 4.28. The molecule has 0 unspecified atom stereocenters. The van der Waals surface area contributed by atoms with Crippen LogP contribution in [-0.4, -0.2) is 52.8 Å². The Morgan fingerprint density at radius 3 is 2.92 bits per heavy atom. The number of aliphatic imine (C=N–C) groups is 1. The van der Waals surface area contributed by atoms with E-state index in [1.807, 2.05) is 4.90 Å². The van der Waals surface area contributed by atoms with Crippen LogP contribution in [0.4, 0.5) is 14.9 Å².